The summed E-state index contributed by atoms with van der Waals surface area (Å²) in [5.41, 5.74) is 4.13. The van der Waals surface area contributed by atoms with Gasteiger partial charge in [0.2, 0.25) is 5.95 Å². The zero-order valence-electron chi connectivity index (χ0n) is 15.1. The quantitative estimate of drug-likeness (QED) is 0.632. The lowest BCUT2D eigenvalue weighted by atomic mass is 10.1. The van der Waals surface area contributed by atoms with E-state index >= 15 is 0 Å². The molecule has 2 aromatic heterocycles. The molecule has 5 nitrogen and oxygen atoms in total. The largest absolute Gasteiger partial charge is 0.343 e. The van der Waals surface area contributed by atoms with Crippen molar-refractivity contribution < 1.29 is 0 Å². The highest BCUT2D eigenvalue weighted by Gasteiger charge is 2.14. The van der Waals surface area contributed by atoms with Crippen LogP contribution in [0.2, 0.25) is 0 Å². The normalized spacial score (nSPS) is 10.9. The number of thioether (sulfide) groups is 1. The van der Waals surface area contributed by atoms with E-state index < -0.39 is 0 Å². The number of aryl methyl sites for hydroxylation is 2. The second-order valence-electron chi connectivity index (χ2n) is 5.99. The Morgan fingerprint density at radius 1 is 1.12 bits per heavy atom. The van der Waals surface area contributed by atoms with Crippen LogP contribution in [-0.2, 0) is 7.05 Å². The molecule has 130 valence electrons. The van der Waals surface area contributed by atoms with Gasteiger partial charge in [0.05, 0.1) is 11.4 Å². The minimum Gasteiger partial charge on any atom is -0.343 e. The van der Waals surface area contributed by atoms with Crippen LogP contribution in [0.3, 0.4) is 0 Å². The van der Waals surface area contributed by atoms with Crippen LogP contribution >= 0.6 is 11.8 Å². The molecule has 0 saturated carbocycles. The maximum atomic E-state index is 4.76. The van der Waals surface area contributed by atoms with Crippen molar-refractivity contribution in [1.82, 2.24) is 19.7 Å². The lowest BCUT2D eigenvalue weighted by Crippen LogP contribution is -2.22. The monoisotopic (exact) mass is 353 g/mol. The molecule has 0 N–H and O–H groups in total. The Morgan fingerprint density at radius 3 is 2.56 bits per heavy atom. The molecule has 25 heavy (non-hydrogen) atoms. The maximum absolute atomic E-state index is 4.76. The first kappa shape index (κ1) is 17.5. The SMILES string of the molecule is Cc1nn(C)c(C)c1-c1ccnc(N(C)CCSc2ccccc2)n1. The van der Waals surface area contributed by atoms with E-state index in [4.69, 9.17) is 4.98 Å². The molecule has 0 fully saturated rings. The van der Waals surface area contributed by atoms with Gasteiger partial charge in [0.15, 0.2) is 0 Å². The fourth-order valence-electron chi connectivity index (χ4n) is 2.73. The van der Waals surface area contributed by atoms with Gasteiger partial charge in [0.1, 0.15) is 0 Å². The number of hydrogen-bond donors (Lipinski definition) is 0. The molecule has 0 aliphatic rings. The van der Waals surface area contributed by atoms with Crippen molar-refractivity contribution in [2.75, 3.05) is 24.2 Å². The van der Waals surface area contributed by atoms with Crippen LogP contribution in [0.15, 0.2) is 47.5 Å². The van der Waals surface area contributed by atoms with E-state index in [-0.39, 0.29) is 0 Å². The molecule has 3 aromatic rings. The van der Waals surface area contributed by atoms with Gasteiger partial charge in [-0.3, -0.25) is 4.68 Å². The van der Waals surface area contributed by atoms with Crippen LogP contribution < -0.4 is 4.90 Å². The summed E-state index contributed by atoms with van der Waals surface area (Å²) in [6.45, 7) is 4.97. The zero-order valence-corrected chi connectivity index (χ0v) is 15.9. The van der Waals surface area contributed by atoms with Gasteiger partial charge < -0.3 is 4.90 Å². The van der Waals surface area contributed by atoms with E-state index in [9.17, 15) is 0 Å². The standard InChI is InChI=1S/C19H23N5S/c1-14-18(15(2)24(4)22-14)17-10-11-20-19(21-17)23(3)12-13-25-16-8-6-5-7-9-16/h5-11H,12-13H2,1-4H3. The van der Waals surface area contributed by atoms with Crippen molar-refractivity contribution in [3.8, 4) is 11.3 Å². The average molecular weight is 353 g/mol. The molecule has 0 bridgehead atoms. The molecule has 0 amide bonds. The summed E-state index contributed by atoms with van der Waals surface area (Å²) in [5.74, 6) is 1.73. The van der Waals surface area contributed by atoms with Crippen molar-refractivity contribution in [1.29, 1.82) is 0 Å². The topological polar surface area (TPSA) is 46.8 Å². The Morgan fingerprint density at radius 2 is 1.88 bits per heavy atom. The van der Waals surface area contributed by atoms with Crippen LogP contribution in [0.4, 0.5) is 5.95 Å². The molecule has 0 aliphatic carbocycles. The molecule has 0 radical (unpaired) electrons. The van der Waals surface area contributed by atoms with Crippen LogP contribution in [0.1, 0.15) is 11.4 Å². The van der Waals surface area contributed by atoms with Crippen molar-refractivity contribution in [3.63, 3.8) is 0 Å². The van der Waals surface area contributed by atoms with Crippen LogP contribution in [-0.4, -0.2) is 39.1 Å². The lowest BCUT2D eigenvalue weighted by molar-refractivity contribution is 0.731. The molecule has 1 aromatic carbocycles. The second-order valence-corrected chi connectivity index (χ2v) is 7.16. The van der Waals surface area contributed by atoms with E-state index in [2.05, 4.69) is 46.2 Å². The number of nitrogens with zero attached hydrogens (tertiary/aromatic N) is 5. The molecule has 2 heterocycles. The van der Waals surface area contributed by atoms with Crippen molar-refractivity contribution in [2.24, 2.45) is 7.05 Å². The molecule has 0 spiro atoms. The second kappa shape index (κ2) is 7.70. The highest BCUT2D eigenvalue weighted by atomic mass is 32.2. The van der Waals surface area contributed by atoms with Gasteiger partial charge in [-0.1, -0.05) is 18.2 Å². The first-order valence-electron chi connectivity index (χ1n) is 8.29. The number of hydrogen-bond acceptors (Lipinski definition) is 5. The Bertz CT molecular complexity index is 844. The van der Waals surface area contributed by atoms with Gasteiger partial charge in [-0.25, -0.2) is 9.97 Å². The summed E-state index contributed by atoms with van der Waals surface area (Å²) in [4.78, 5) is 12.6. The summed E-state index contributed by atoms with van der Waals surface area (Å²) < 4.78 is 1.90. The molecule has 6 heteroatoms. The summed E-state index contributed by atoms with van der Waals surface area (Å²) in [6.07, 6.45) is 1.82. The summed E-state index contributed by atoms with van der Waals surface area (Å²) in [6, 6.07) is 12.4. The third-order valence-electron chi connectivity index (χ3n) is 4.19. The minimum absolute atomic E-state index is 0.744. The minimum atomic E-state index is 0.744. The number of anilines is 1. The Kier molecular flexibility index (Phi) is 5.38. The van der Waals surface area contributed by atoms with E-state index in [0.29, 0.717) is 0 Å². The third kappa shape index (κ3) is 4.02. The van der Waals surface area contributed by atoms with E-state index in [1.165, 1.54) is 4.90 Å². The number of aromatic nitrogens is 4. The van der Waals surface area contributed by atoms with Gasteiger partial charge in [-0.2, -0.15) is 5.10 Å². The fraction of sp³-hybridized carbons (Fsp3) is 0.316. The Hall–Kier alpha value is -2.34. The van der Waals surface area contributed by atoms with Crippen LogP contribution in [0.25, 0.3) is 11.3 Å². The summed E-state index contributed by atoms with van der Waals surface area (Å²) >= 11 is 1.84. The zero-order chi connectivity index (χ0) is 17.8. The van der Waals surface area contributed by atoms with Crippen LogP contribution in [0.5, 0.6) is 0 Å². The highest BCUT2D eigenvalue weighted by molar-refractivity contribution is 7.99. The molecule has 0 aliphatic heterocycles. The maximum Gasteiger partial charge on any atom is 0.225 e. The highest BCUT2D eigenvalue weighted by Crippen LogP contribution is 2.25. The smallest absolute Gasteiger partial charge is 0.225 e. The van der Waals surface area contributed by atoms with Crippen LogP contribution in [0, 0.1) is 13.8 Å². The first-order valence-corrected chi connectivity index (χ1v) is 9.27. The molecular formula is C19H23N5S. The lowest BCUT2D eigenvalue weighted by Gasteiger charge is -2.17. The van der Waals surface area contributed by atoms with Gasteiger partial charge in [0.25, 0.3) is 0 Å². The van der Waals surface area contributed by atoms with Gasteiger partial charge in [-0.15, -0.1) is 11.8 Å². The predicted octanol–water partition coefficient (Wildman–Crippen LogP) is 3.72. The predicted molar refractivity (Wildman–Crippen MR) is 104 cm³/mol. The van der Waals surface area contributed by atoms with Gasteiger partial charge in [0, 0.05) is 48.7 Å². The Labute approximate surface area is 153 Å². The van der Waals surface area contributed by atoms with Gasteiger partial charge >= 0.3 is 0 Å². The first-order chi connectivity index (χ1) is 12.1. The summed E-state index contributed by atoms with van der Waals surface area (Å²) in [5, 5.41) is 4.48. The third-order valence-corrected chi connectivity index (χ3v) is 5.18. The fourth-order valence-corrected chi connectivity index (χ4v) is 3.68. The van der Waals surface area contributed by atoms with Crippen molar-refractivity contribution in [3.05, 3.63) is 54.0 Å². The van der Waals surface area contributed by atoms with E-state index in [0.717, 1.165) is 40.9 Å². The Balaban J connectivity index is 1.70. The number of benzene rings is 1. The van der Waals surface area contributed by atoms with Gasteiger partial charge in [-0.05, 0) is 32.0 Å². The molecule has 0 atom stereocenters. The van der Waals surface area contributed by atoms with Crippen molar-refractivity contribution >= 4 is 17.7 Å². The number of rotatable bonds is 6. The molecule has 0 saturated heterocycles. The molecular weight excluding hydrogens is 330 g/mol. The molecule has 3 rings (SSSR count). The van der Waals surface area contributed by atoms with E-state index in [1.807, 2.05) is 55.8 Å². The molecule has 0 unspecified atom stereocenters. The average Bonchev–Trinajstić information content (AvgIpc) is 2.88. The van der Waals surface area contributed by atoms with Crippen molar-refractivity contribution in [2.45, 2.75) is 18.7 Å². The summed E-state index contributed by atoms with van der Waals surface area (Å²) in [7, 11) is 3.99. The van der Waals surface area contributed by atoms with E-state index in [1.54, 1.807) is 0 Å².